The van der Waals surface area contributed by atoms with Crippen LogP contribution in [-0.2, 0) is 16.0 Å². The highest BCUT2D eigenvalue weighted by molar-refractivity contribution is 6.07. The van der Waals surface area contributed by atoms with Crippen LogP contribution < -0.4 is 0 Å². The van der Waals surface area contributed by atoms with Crippen LogP contribution in [0.1, 0.15) is 56.5 Å². The van der Waals surface area contributed by atoms with Gasteiger partial charge in [-0.2, -0.15) is 0 Å². The molecule has 0 fully saturated rings. The van der Waals surface area contributed by atoms with E-state index < -0.39 is 17.9 Å². The summed E-state index contributed by atoms with van der Waals surface area (Å²) in [6.07, 6.45) is 1.41. The molecule has 1 unspecified atom stereocenters. The van der Waals surface area contributed by atoms with Gasteiger partial charge in [0.15, 0.2) is 11.5 Å². The predicted molar refractivity (Wildman–Crippen MR) is 106 cm³/mol. The van der Waals surface area contributed by atoms with Gasteiger partial charge in [0.25, 0.3) is 5.91 Å². The largest absolute Gasteiger partial charge is 0.464 e. The number of Topliss-reactive ketones (excluding diaryl/α,β-unsaturated/α-hetero) is 1. The van der Waals surface area contributed by atoms with E-state index in [-0.39, 0.29) is 24.7 Å². The van der Waals surface area contributed by atoms with Crippen LogP contribution in [0.5, 0.6) is 0 Å². The van der Waals surface area contributed by atoms with Gasteiger partial charge in [-0.05, 0) is 45.4 Å². The van der Waals surface area contributed by atoms with Crippen LogP contribution in [0, 0.1) is 13.8 Å². The Morgan fingerprint density at radius 2 is 1.93 bits per heavy atom. The Labute approximate surface area is 170 Å². The number of esters is 1. The number of hydrogen-bond acceptors (Lipinski definition) is 6. The molecule has 0 aliphatic carbocycles. The first-order valence-electron chi connectivity index (χ1n) is 9.45. The summed E-state index contributed by atoms with van der Waals surface area (Å²) in [4.78, 5) is 40.0. The van der Waals surface area contributed by atoms with Crippen molar-refractivity contribution >= 4 is 17.7 Å². The third kappa shape index (κ3) is 4.27. The molecule has 8 nitrogen and oxygen atoms in total. The maximum absolute atomic E-state index is 13.4. The maximum Gasteiger partial charge on any atom is 0.354 e. The first-order valence-corrected chi connectivity index (χ1v) is 9.45. The van der Waals surface area contributed by atoms with Crippen molar-refractivity contribution < 1.29 is 28.3 Å². The minimum absolute atomic E-state index is 0.149. The van der Waals surface area contributed by atoms with Crippen LogP contribution in [0.4, 0.5) is 0 Å². The van der Waals surface area contributed by atoms with E-state index in [9.17, 15) is 14.4 Å². The number of methoxy groups -OCH3 is 2. The minimum Gasteiger partial charge on any atom is -0.464 e. The van der Waals surface area contributed by atoms with Gasteiger partial charge in [0.05, 0.1) is 26.0 Å². The highest BCUT2D eigenvalue weighted by atomic mass is 16.5. The molecule has 0 radical (unpaired) electrons. The fraction of sp³-hybridized carbons (Fsp3) is 0.476. The second-order valence-electron chi connectivity index (χ2n) is 6.68. The summed E-state index contributed by atoms with van der Waals surface area (Å²) in [7, 11) is 2.84. The predicted octanol–water partition coefficient (Wildman–Crippen LogP) is 2.86. The number of furan rings is 1. The zero-order valence-corrected chi connectivity index (χ0v) is 17.8. The van der Waals surface area contributed by atoms with Gasteiger partial charge in [0.2, 0.25) is 0 Å². The lowest BCUT2D eigenvalue weighted by Crippen LogP contribution is -2.45. The monoisotopic (exact) mass is 404 g/mol. The van der Waals surface area contributed by atoms with Crippen molar-refractivity contribution in [1.82, 2.24) is 9.47 Å². The van der Waals surface area contributed by atoms with Crippen LogP contribution >= 0.6 is 0 Å². The summed E-state index contributed by atoms with van der Waals surface area (Å²) in [5, 5.41) is 0. The van der Waals surface area contributed by atoms with Gasteiger partial charge in [-0.15, -0.1) is 0 Å². The number of rotatable bonds is 9. The standard InChI is InChI=1S/C21H28N2O6/c1-7-22-14(3)17(13(2)18(22)21(26)28-6)19(24)15(4)23(10-12-27-5)20(25)16-9-8-11-29-16/h8-9,11,15H,7,10,12H2,1-6H3. The number of hydrogen-bond donors (Lipinski definition) is 0. The fourth-order valence-corrected chi connectivity index (χ4v) is 3.57. The molecule has 29 heavy (non-hydrogen) atoms. The van der Waals surface area contributed by atoms with Crippen LogP contribution in [0.3, 0.4) is 0 Å². The summed E-state index contributed by atoms with van der Waals surface area (Å²) < 4.78 is 17.0. The van der Waals surface area contributed by atoms with Crippen molar-refractivity contribution in [3.05, 3.63) is 46.7 Å². The van der Waals surface area contributed by atoms with Crippen molar-refractivity contribution in [2.24, 2.45) is 0 Å². The number of nitrogens with zero attached hydrogens (tertiary/aromatic N) is 2. The summed E-state index contributed by atoms with van der Waals surface area (Å²) in [5.74, 6) is -1.00. The molecular formula is C21H28N2O6. The average Bonchev–Trinajstić information content (AvgIpc) is 3.33. The molecule has 0 aliphatic heterocycles. The molecule has 2 heterocycles. The van der Waals surface area contributed by atoms with Gasteiger partial charge in [0, 0.05) is 31.5 Å². The second kappa shape index (κ2) is 9.56. The van der Waals surface area contributed by atoms with E-state index in [2.05, 4.69) is 0 Å². The number of ketones is 1. The van der Waals surface area contributed by atoms with Crippen LogP contribution in [0.25, 0.3) is 0 Å². The van der Waals surface area contributed by atoms with Gasteiger partial charge < -0.3 is 23.4 Å². The molecule has 2 aromatic heterocycles. The van der Waals surface area contributed by atoms with E-state index in [4.69, 9.17) is 13.9 Å². The Bertz CT molecular complexity index is 882. The van der Waals surface area contributed by atoms with Crippen molar-refractivity contribution in [2.75, 3.05) is 27.4 Å². The second-order valence-corrected chi connectivity index (χ2v) is 6.68. The molecule has 1 amide bonds. The van der Waals surface area contributed by atoms with Crippen LogP contribution in [-0.4, -0.2) is 60.5 Å². The lowest BCUT2D eigenvalue weighted by atomic mass is 9.99. The molecule has 0 spiro atoms. The van der Waals surface area contributed by atoms with Gasteiger partial charge in [-0.25, -0.2) is 4.79 Å². The topological polar surface area (TPSA) is 91.0 Å². The molecule has 2 aromatic rings. The summed E-state index contributed by atoms with van der Waals surface area (Å²) >= 11 is 0. The van der Waals surface area contributed by atoms with E-state index in [0.717, 1.165) is 0 Å². The quantitative estimate of drug-likeness (QED) is 0.471. The molecule has 8 heteroatoms. The summed E-state index contributed by atoms with van der Waals surface area (Å²) in [5.41, 5.74) is 1.99. The molecule has 0 saturated heterocycles. The first-order chi connectivity index (χ1) is 13.8. The first kappa shape index (κ1) is 22.4. The van der Waals surface area contributed by atoms with E-state index >= 15 is 0 Å². The Balaban J connectivity index is 2.46. The SMILES string of the molecule is CCn1c(C)c(C(=O)C(C)N(CCOC)C(=O)c2ccco2)c(C)c1C(=O)OC. The molecular weight excluding hydrogens is 376 g/mol. The van der Waals surface area contributed by atoms with E-state index in [1.54, 1.807) is 37.5 Å². The zero-order chi connectivity index (χ0) is 21.7. The Morgan fingerprint density at radius 3 is 2.45 bits per heavy atom. The molecule has 0 saturated carbocycles. The molecule has 0 aliphatic rings. The molecule has 0 bridgehead atoms. The normalized spacial score (nSPS) is 11.9. The highest BCUT2D eigenvalue weighted by Crippen LogP contribution is 2.26. The van der Waals surface area contributed by atoms with E-state index in [0.29, 0.717) is 29.1 Å². The van der Waals surface area contributed by atoms with Crippen molar-refractivity contribution in [2.45, 2.75) is 40.3 Å². The maximum atomic E-state index is 13.4. The number of carbonyl (C=O) groups is 3. The number of ether oxygens (including phenoxy) is 2. The number of amides is 1. The molecule has 0 N–H and O–H groups in total. The van der Waals surface area contributed by atoms with Crippen molar-refractivity contribution in [3.63, 3.8) is 0 Å². The lowest BCUT2D eigenvalue weighted by Gasteiger charge is -2.27. The lowest BCUT2D eigenvalue weighted by molar-refractivity contribution is 0.0539. The number of aromatic nitrogens is 1. The van der Waals surface area contributed by atoms with Gasteiger partial charge in [-0.3, -0.25) is 9.59 Å². The van der Waals surface area contributed by atoms with E-state index in [1.165, 1.54) is 25.4 Å². The number of carbonyl (C=O) groups excluding carboxylic acids is 3. The Morgan fingerprint density at radius 1 is 1.24 bits per heavy atom. The van der Waals surface area contributed by atoms with E-state index in [1.807, 2.05) is 6.92 Å². The highest BCUT2D eigenvalue weighted by Gasteiger charge is 2.33. The van der Waals surface area contributed by atoms with Crippen LogP contribution in [0.2, 0.25) is 0 Å². The Kier molecular flexibility index (Phi) is 7.39. The fourth-order valence-electron chi connectivity index (χ4n) is 3.57. The summed E-state index contributed by atoms with van der Waals surface area (Å²) in [6, 6.07) is 2.39. The molecule has 1 atom stereocenters. The van der Waals surface area contributed by atoms with Gasteiger partial charge in [0.1, 0.15) is 5.69 Å². The van der Waals surface area contributed by atoms with Gasteiger partial charge >= 0.3 is 5.97 Å². The minimum atomic E-state index is -0.779. The average molecular weight is 404 g/mol. The van der Waals surface area contributed by atoms with Gasteiger partial charge in [-0.1, -0.05) is 0 Å². The third-order valence-corrected chi connectivity index (χ3v) is 5.08. The summed E-state index contributed by atoms with van der Waals surface area (Å²) in [6.45, 7) is 8.07. The molecule has 2 rings (SSSR count). The smallest absolute Gasteiger partial charge is 0.354 e. The Hall–Kier alpha value is -2.87. The molecule has 0 aromatic carbocycles. The molecule has 158 valence electrons. The van der Waals surface area contributed by atoms with Crippen molar-refractivity contribution in [3.8, 4) is 0 Å². The zero-order valence-electron chi connectivity index (χ0n) is 17.8. The van der Waals surface area contributed by atoms with Crippen LogP contribution in [0.15, 0.2) is 22.8 Å². The third-order valence-electron chi connectivity index (χ3n) is 5.08. The van der Waals surface area contributed by atoms with Crippen molar-refractivity contribution in [1.29, 1.82) is 0 Å².